The van der Waals surface area contributed by atoms with Gasteiger partial charge in [0, 0.05) is 152 Å². The summed E-state index contributed by atoms with van der Waals surface area (Å²) in [6.45, 7) is 0. The fourth-order valence-electron chi connectivity index (χ4n) is 0. The van der Waals surface area contributed by atoms with E-state index in [1.54, 1.807) is 0 Å². The van der Waals surface area contributed by atoms with Crippen molar-refractivity contribution in [2.24, 2.45) is 0 Å². The van der Waals surface area contributed by atoms with Crippen molar-refractivity contribution < 1.29 is 152 Å². The second kappa shape index (κ2) is 4060. The Bertz CT molecular complexity index is 105. The third-order valence-electron chi connectivity index (χ3n) is 0. The van der Waals surface area contributed by atoms with Crippen LogP contribution < -0.4 is 0 Å². The molecule has 0 amide bonds. The molecular weight excluding hydrogens is 2390 g/mol. The minimum atomic E-state index is 0. The van der Waals surface area contributed by atoms with Crippen molar-refractivity contribution >= 4 is 206 Å². The van der Waals surface area contributed by atoms with Crippen molar-refractivity contribution in [2.45, 2.75) is 394 Å². The van der Waals surface area contributed by atoms with E-state index < -0.39 is 0 Å². The van der Waals surface area contributed by atoms with Gasteiger partial charge < -0.3 is 0 Å². The average molecular weight is 2630 g/mol. The van der Waals surface area contributed by atoms with Gasteiger partial charge >= 0.3 is 206 Å². The van der Waals surface area contributed by atoms with Crippen LogP contribution in [0.5, 0.6) is 0 Å². The second-order valence-electron chi connectivity index (χ2n) is 0. The van der Waals surface area contributed by atoms with Gasteiger partial charge in [0.1, 0.15) is 0 Å². The van der Waals surface area contributed by atoms with Gasteiger partial charge in [-0.3, -0.25) is 0 Å². The molecule has 18 heteroatoms. The van der Waals surface area contributed by atoms with E-state index in [-0.39, 0.29) is 751 Å². The fourth-order valence-corrected chi connectivity index (χ4v) is 0. The molecule has 0 aliphatic carbocycles. The summed E-state index contributed by atoms with van der Waals surface area (Å²) in [7, 11) is 0. The Morgan fingerprint density at radius 2 is 0.0986 bits per heavy atom. The topological polar surface area (TPSA) is 0 Å². The molecule has 0 spiro atoms. The monoisotopic (exact) mass is 2620 g/mol. The fraction of sp³-hybridized carbons (Fsp3) is 1.00. The molecule has 3 unspecified atom stereocenters. The summed E-state index contributed by atoms with van der Waals surface area (Å²) >= 11 is 0. The Labute approximate surface area is 738 Å². The molecule has 3 radical (unpaired) electrons. The molecule has 0 rings (SSSR count). The zero-order valence-corrected chi connectivity index (χ0v) is 55.9. The van der Waals surface area contributed by atoms with Crippen molar-refractivity contribution in [3.8, 4) is 0 Å². The molecule has 71 heavy (non-hydrogen) atoms. The number of rotatable bonds is 0. The quantitative estimate of drug-likeness (QED) is 0.212. The van der Waals surface area contributed by atoms with Crippen LogP contribution in [0.3, 0.4) is 0 Å². The zero-order chi connectivity index (χ0) is 0. The van der Waals surface area contributed by atoms with Crippen LogP contribution in [0.1, 0.15) is 394 Å². The van der Waals surface area contributed by atoms with Crippen LogP contribution in [-0.4, -0.2) is 206 Å². The Morgan fingerprint density at radius 1 is 0.0986 bits per heavy atom. The molecule has 583 valence electrons. The SMILES string of the molecule is C.C.C.C.C.C.C.C.C.C.C.C.C.C.C.C.C.C.C.C.C.C.C.C.C.C.C.C.C.C.C.C.C.C.C.C.C.C.C.C.C.C.C.C.C.C.C.C.C.C.C.C.C.[AsH3].[AsH3].[AsH3].[BiH3].[BiH3].[BiH3].[Cu].[Cu].[Cu].[Fe].[Fe].[Fe].[Ni].[Ni].[Ni].[SbH3].[SbH3].[SbH3]. The number of hydrogen-bond acceptors (Lipinski definition) is 0. The molecule has 0 aromatic carbocycles. The van der Waals surface area contributed by atoms with E-state index in [0.717, 1.165) is 0 Å². The molecule has 0 aliphatic rings. The molecule has 0 aromatic heterocycles. The average Bonchev–Trinajstić information content (AvgIpc) is 0. The molecule has 0 saturated heterocycles. The van der Waals surface area contributed by atoms with Gasteiger partial charge in [-0.2, -0.15) is 0 Å². The van der Waals surface area contributed by atoms with E-state index in [2.05, 4.69) is 0 Å². The summed E-state index contributed by atoms with van der Waals surface area (Å²) in [6.07, 6.45) is 0. The van der Waals surface area contributed by atoms with Gasteiger partial charge in [-0.05, 0) is 0 Å². The number of hydrogen-bond donors (Lipinski definition) is 0. The maximum absolute atomic E-state index is 0. The summed E-state index contributed by atoms with van der Waals surface area (Å²) in [5.74, 6) is 0. The zero-order valence-electron chi connectivity index (χ0n) is 9.28. The third kappa shape index (κ3) is 3960. The summed E-state index contributed by atoms with van der Waals surface area (Å²) in [6, 6.07) is 0. The molecule has 0 heterocycles. The summed E-state index contributed by atoms with van der Waals surface area (Å²) in [5, 5.41) is 0. The van der Waals surface area contributed by atoms with E-state index in [9.17, 15) is 0 Å². The van der Waals surface area contributed by atoms with Crippen LogP contribution in [0.4, 0.5) is 0 Å². The first kappa shape index (κ1) is 4210. The molecule has 0 bridgehead atoms. The predicted octanol–water partition coefficient (Wildman–Crippen LogP) is 23.0. The maximum atomic E-state index is 0. The van der Waals surface area contributed by atoms with E-state index >= 15 is 0 Å². The molecule has 0 aromatic rings. The van der Waals surface area contributed by atoms with Gasteiger partial charge in [0.15, 0.2) is 0 Å². The van der Waals surface area contributed by atoms with Crippen molar-refractivity contribution in [1.29, 1.82) is 0 Å². The van der Waals surface area contributed by atoms with E-state index in [4.69, 9.17) is 0 Å². The molecule has 3 atom stereocenters. The van der Waals surface area contributed by atoms with Crippen LogP contribution in [0, 0.1) is 0 Å². The molecular formula is C53H239As3Bi3Cu3Fe3Ni3Sb3. The standard InChI is InChI=1S/53CH4.3AsH3.3Bi.3Cu.3Fe.3Ni.3Sb.18H/h53*1H4;3*1H3;;;;;;;;;;;;;;;;;;;;;;;;;;;;;;;;;. The Hall–Kier alpha value is 11.4. The van der Waals surface area contributed by atoms with Crippen molar-refractivity contribution in [3.05, 3.63) is 0 Å². The first-order valence-electron chi connectivity index (χ1n) is 0. The second-order valence-corrected chi connectivity index (χ2v) is 0. The van der Waals surface area contributed by atoms with Gasteiger partial charge in [-0.1, -0.05) is 394 Å². The Morgan fingerprint density at radius 3 is 0.0986 bits per heavy atom. The van der Waals surface area contributed by atoms with E-state index in [0.29, 0.717) is 0 Å². The van der Waals surface area contributed by atoms with Crippen LogP contribution in [0.25, 0.3) is 0 Å². The summed E-state index contributed by atoms with van der Waals surface area (Å²) in [4.78, 5) is 0. The normalized spacial score (nSPS) is 0. The van der Waals surface area contributed by atoms with E-state index in [1.165, 1.54) is 0 Å². The van der Waals surface area contributed by atoms with Crippen LogP contribution in [0.15, 0.2) is 0 Å². The third-order valence-corrected chi connectivity index (χ3v) is 0. The Balaban J connectivity index is 0. The van der Waals surface area contributed by atoms with Gasteiger partial charge in [0.2, 0.25) is 0 Å². The summed E-state index contributed by atoms with van der Waals surface area (Å²) in [5.41, 5.74) is 0. The van der Waals surface area contributed by atoms with Gasteiger partial charge in [-0.25, -0.2) is 0 Å². The van der Waals surface area contributed by atoms with Gasteiger partial charge in [0.05, 0.1) is 0 Å². The molecule has 0 saturated carbocycles. The molecule has 0 fully saturated rings. The summed E-state index contributed by atoms with van der Waals surface area (Å²) < 4.78 is 0. The van der Waals surface area contributed by atoms with Crippen LogP contribution >= 0.6 is 0 Å². The van der Waals surface area contributed by atoms with Crippen molar-refractivity contribution in [1.82, 2.24) is 0 Å². The van der Waals surface area contributed by atoms with Crippen LogP contribution in [0.2, 0.25) is 0 Å². The predicted molar refractivity (Wildman–Crippen MR) is 446 cm³/mol. The first-order chi connectivity index (χ1) is 0. The molecule has 0 nitrogen and oxygen atoms in total. The Kier molecular flexibility index (Phi) is 241000. The minimum absolute atomic E-state index is 0. The van der Waals surface area contributed by atoms with Crippen molar-refractivity contribution in [3.63, 3.8) is 0 Å². The van der Waals surface area contributed by atoms with Crippen LogP contribution in [-0.2, 0) is 152 Å². The van der Waals surface area contributed by atoms with E-state index in [1.807, 2.05) is 0 Å². The molecule has 0 N–H and O–H groups in total. The van der Waals surface area contributed by atoms with Gasteiger partial charge in [-0.15, -0.1) is 0 Å². The molecule has 0 aliphatic heterocycles. The first-order valence-corrected chi connectivity index (χ1v) is 0. The van der Waals surface area contributed by atoms with Gasteiger partial charge in [0.25, 0.3) is 0 Å². The van der Waals surface area contributed by atoms with Crippen molar-refractivity contribution in [2.75, 3.05) is 0 Å².